The van der Waals surface area contributed by atoms with E-state index in [4.69, 9.17) is 9.47 Å². The summed E-state index contributed by atoms with van der Waals surface area (Å²) in [5, 5.41) is 5.34. The highest BCUT2D eigenvalue weighted by Crippen LogP contribution is 2.15. The molecule has 0 spiro atoms. The number of ether oxygens (including phenoxy) is 2. The van der Waals surface area contributed by atoms with Gasteiger partial charge in [-0.15, -0.1) is 17.9 Å². The third-order valence-corrected chi connectivity index (χ3v) is 3.24. The summed E-state index contributed by atoms with van der Waals surface area (Å²) in [5.74, 6) is 0.299. The van der Waals surface area contributed by atoms with E-state index in [-0.39, 0.29) is 6.61 Å². The van der Waals surface area contributed by atoms with Crippen LogP contribution in [-0.4, -0.2) is 30.7 Å². The van der Waals surface area contributed by atoms with Crippen LogP contribution in [0.5, 0.6) is 5.75 Å². The molecule has 0 aliphatic heterocycles. The van der Waals surface area contributed by atoms with Crippen molar-refractivity contribution >= 4 is 22.4 Å². The lowest BCUT2D eigenvalue weighted by Crippen LogP contribution is -2.12. The van der Waals surface area contributed by atoms with Gasteiger partial charge in [0.2, 0.25) is 0 Å². The average Bonchev–Trinajstić information content (AvgIpc) is 2.99. The summed E-state index contributed by atoms with van der Waals surface area (Å²) in [4.78, 5) is 15.9. The molecule has 0 amide bonds. The molecule has 0 aliphatic carbocycles. The van der Waals surface area contributed by atoms with E-state index in [1.165, 1.54) is 11.3 Å². The summed E-state index contributed by atoms with van der Waals surface area (Å²) in [7, 11) is 0. The Morgan fingerprint density at radius 2 is 2.14 bits per heavy atom. The Bertz CT molecular complexity index is 584. The lowest BCUT2D eigenvalue weighted by Gasteiger charge is -2.06. The lowest BCUT2D eigenvalue weighted by atomic mass is 10.3. The SMILES string of the molecule is C=CCNc1nc(C(=O)OCCOc2ccccc2)cs1. The first-order valence-corrected chi connectivity index (χ1v) is 7.33. The number of thiazole rings is 1. The number of aromatic nitrogens is 1. The van der Waals surface area contributed by atoms with Crippen molar-refractivity contribution in [3.8, 4) is 5.75 Å². The molecule has 110 valence electrons. The maximum Gasteiger partial charge on any atom is 0.358 e. The van der Waals surface area contributed by atoms with Gasteiger partial charge in [-0.05, 0) is 12.1 Å². The average molecular weight is 304 g/mol. The first-order valence-electron chi connectivity index (χ1n) is 6.45. The maximum absolute atomic E-state index is 11.8. The van der Waals surface area contributed by atoms with E-state index >= 15 is 0 Å². The number of nitrogens with zero attached hydrogens (tertiary/aromatic N) is 1. The van der Waals surface area contributed by atoms with Crippen LogP contribution in [0, 0.1) is 0 Å². The van der Waals surface area contributed by atoms with E-state index < -0.39 is 5.97 Å². The normalized spacial score (nSPS) is 9.90. The highest BCUT2D eigenvalue weighted by atomic mass is 32.1. The zero-order chi connectivity index (χ0) is 14.9. The number of rotatable bonds is 8. The number of hydrogen-bond donors (Lipinski definition) is 1. The molecule has 1 heterocycles. The van der Waals surface area contributed by atoms with Crippen molar-refractivity contribution in [1.82, 2.24) is 4.98 Å². The van der Waals surface area contributed by atoms with Crippen molar-refractivity contribution < 1.29 is 14.3 Å². The molecule has 0 atom stereocenters. The van der Waals surface area contributed by atoms with Crippen molar-refractivity contribution in [2.75, 3.05) is 25.1 Å². The standard InChI is InChI=1S/C15H16N2O3S/c1-2-8-16-15-17-13(11-21-15)14(18)20-10-9-19-12-6-4-3-5-7-12/h2-7,11H,1,8-10H2,(H,16,17). The van der Waals surface area contributed by atoms with E-state index in [1.807, 2.05) is 30.3 Å². The van der Waals surface area contributed by atoms with Gasteiger partial charge in [0, 0.05) is 11.9 Å². The van der Waals surface area contributed by atoms with Crippen LogP contribution in [0.4, 0.5) is 5.13 Å². The van der Waals surface area contributed by atoms with E-state index in [1.54, 1.807) is 11.5 Å². The third kappa shape index (κ3) is 4.92. The van der Waals surface area contributed by atoms with E-state index in [9.17, 15) is 4.79 Å². The van der Waals surface area contributed by atoms with Gasteiger partial charge in [0.1, 0.15) is 19.0 Å². The van der Waals surface area contributed by atoms with Crippen molar-refractivity contribution in [3.05, 3.63) is 54.1 Å². The Morgan fingerprint density at radius 3 is 2.90 bits per heavy atom. The molecular weight excluding hydrogens is 288 g/mol. The number of nitrogens with one attached hydrogen (secondary N) is 1. The van der Waals surface area contributed by atoms with Gasteiger partial charge in [-0.25, -0.2) is 9.78 Å². The van der Waals surface area contributed by atoms with Crippen LogP contribution in [0.25, 0.3) is 0 Å². The minimum Gasteiger partial charge on any atom is -0.490 e. The zero-order valence-electron chi connectivity index (χ0n) is 11.5. The Morgan fingerprint density at radius 1 is 1.33 bits per heavy atom. The Labute approximate surface area is 127 Å². The summed E-state index contributed by atoms with van der Waals surface area (Å²) in [6.45, 7) is 4.69. The van der Waals surface area contributed by atoms with Gasteiger partial charge in [0.25, 0.3) is 0 Å². The molecule has 21 heavy (non-hydrogen) atoms. The number of anilines is 1. The van der Waals surface area contributed by atoms with Crippen molar-refractivity contribution in [2.45, 2.75) is 0 Å². The first-order chi connectivity index (χ1) is 10.3. The molecule has 2 rings (SSSR count). The summed E-state index contributed by atoms with van der Waals surface area (Å²) in [6.07, 6.45) is 1.72. The van der Waals surface area contributed by atoms with Gasteiger partial charge in [0.05, 0.1) is 0 Å². The second-order valence-electron chi connectivity index (χ2n) is 4.00. The van der Waals surface area contributed by atoms with Crippen LogP contribution in [0.3, 0.4) is 0 Å². The molecule has 0 saturated carbocycles. The number of hydrogen-bond acceptors (Lipinski definition) is 6. The number of esters is 1. The molecule has 0 unspecified atom stereocenters. The summed E-state index contributed by atoms with van der Waals surface area (Å²) in [5.41, 5.74) is 0.297. The molecule has 1 N–H and O–H groups in total. The van der Waals surface area contributed by atoms with Gasteiger partial charge < -0.3 is 14.8 Å². The first kappa shape index (κ1) is 15.1. The minimum atomic E-state index is -0.449. The third-order valence-electron chi connectivity index (χ3n) is 2.44. The van der Waals surface area contributed by atoms with Gasteiger partial charge in [-0.1, -0.05) is 24.3 Å². The highest BCUT2D eigenvalue weighted by molar-refractivity contribution is 7.13. The van der Waals surface area contributed by atoms with Gasteiger partial charge >= 0.3 is 5.97 Å². The van der Waals surface area contributed by atoms with Crippen LogP contribution in [0.1, 0.15) is 10.5 Å². The predicted octanol–water partition coefficient (Wildman–Crippen LogP) is 2.98. The van der Waals surface area contributed by atoms with Gasteiger partial charge in [-0.2, -0.15) is 0 Å². The molecule has 1 aromatic heterocycles. The Balaban J connectivity index is 1.71. The largest absolute Gasteiger partial charge is 0.490 e. The smallest absolute Gasteiger partial charge is 0.358 e. The highest BCUT2D eigenvalue weighted by Gasteiger charge is 2.11. The van der Waals surface area contributed by atoms with Crippen molar-refractivity contribution in [3.63, 3.8) is 0 Å². The fourth-order valence-electron chi connectivity index (χ4n) is 1.49. The van der Waals surface area contributed by atoms with E-state index in [2.05, 4.69) is 16.9 Å². The van der Waals surface area contributed by atoms with E-state index in [0.29, 0.717) is 24.0 Å². The molecule has 0 aliphatic rings. The number of carbonyl (C=O) groups excluding carboxylic acids is 1. The quantitative estimate of drug-likeness (QED) is 0.461. The number of carbonyl (C=O) groups is 1. The second kappa shape index (κ2) is 8.06. The molecule has 0 bridgehead atoms. The molecule has 0 radical (unpaired) electrons. The molecule has 0 saturated heterocycles. The number of benzene rings is 1. The summed E-state index contributed by atoms with van der Waals surface area (Å²) >= 11 is 1.35. The summed E-state index contributed by atoms with van der Waals surface area (Å²) < 4.78 is 10.5. The van der Waals surface area contributed by atoms with E-state index in [0.717, 1.165) is 5.75 Å². The lowest BCUT2D eigenvalue weighted by molar-refractivity contribution is 0.0444. The second-order valence-corrected chi connectivity index (χ2v) is 4.86. The van der Waals surface area contributed by atoms with Crippen molar-refractivity contribution in [2.24, 2.45) is 0 Å². The molecule has 5 nitrogen and oxygen atoms in total. The van der Waals surface area contributed by atoms with Crippen LogP contribution in [-0.2, 0) is 4.74 Å². The van der Waals surface area contributed by atoms with Gasteiger partial charge in [0.15, 0.2) is 10.8 Å². The van der Waals surface area contributed by atoms with Crippen LogP contribution in [0.2, 0.25) is 0 Å². The Hall–Kier alpha value is -2.34. The zero-order valence-corrected chi connectivity index (χ0v) is 12.3. The Kier molecular flexibility index (Phi) is 5.78. The van der Waals surface area contributed by atoms with Crippen LogP contribution >= 0.6 is 11.3 Å². The molecule has 6 heteroatoms. The maximum atomic E-state index is 11.8. The minimum absolute atomic E-state index is 0.181. The van der Waals surface area contributed by atoms with Gasteiger partial charge in [-0.3, -0.25) is 0 Å². The summed E-state index contributed by atoms with van der Waals surface area (Å²) in [6, 6.07) is 9.37. The fraction of sp³-hybridized carbons (Fsp3) is 0.200. The monoisotopic (exact) mass is 304 g/mol. The number of para-hydroxylation sites is 1. The molecule has 2 aromatic rings. The van der Waals surface area contributed by atoms with Crippen LogP contribution < -0.4 is 10.1 Å². The molecular formula is C15H16N2O3S. The molecule has 0 fully saturated rings. The fourth-order valence-corrected chi connectivity index (χ4v) is 2.18. The van der Waals surface area contributed by atoms with Crippen LogP contribution in [0.15, 0.2) is 48.4 Å². The predicted molar refractivity (Wildman–Crippen MR) is 83.0 cm³/mol. The molecule has 1 aromatic carbocycles. The van der Waals surface area contributed by atoms with Crippen molar-refractivity contribution in [1.29, 1.82) is 0 Å². The topological polar surface area (TPSA) is 60.5 Å².